The van der Waals surface area contributed by atoms with E-state index in [0.717, 1.165) is 18.2 Å². The lowest BCUT2D eigenvalue weighted by molar-refractivity contribution is 0.291. The molecule has 0 aliphatic carbocycles. The minimum absolute atomic E-state index is 0.127. The summed E-state index contributed by atoms with van der Waals surface area (Å²) in [5.41, 5.74) is -0.520. The Bertz CT molecular complexity index is 1330. The summed E-state index contributed by atoms with van der Waals surface area (Å²) in [5, 5.41) is 39.0. The van der Waals surface area contributed by atoms with Gasteiger partial charge in [-0.15, -0.1) is 0 Å². The molecule has 0 spiro atoms. The molecule has 4 N–H and O–H groups in total. The van der Waals surface area contributed by atoms with Gasteiger partial charge in [-0.25, -0.2) is 4.39 Å². The maximum absolute atomic E-state index is 14.0. The van der Waals surface area contributed by atoms with Gasteiger partial charge in [0.2, 0.25) is 11.2 Å². The van der Waals surface area contributed by atoms with E-state index in [1.54, 1.807) is 6.07 Å². The van der Waals surface area contributed by atoms with Crippen LogP contribution in [0.3, 0.4) is 0 Å². The zero-order chi connectivity index (χ0) is 21.4. The second-order valence-corrected chi connectivity index (χ2v) is 6.51. The predicted molar refractivity (Wildman–Crippen MR) is 105 cm³/mol. The Morgan fingerprint density at radius 1 is 0.900 bits per heavy atom. The lowest BCUT2D eigenvalue weighted by Crippen LogP contribution is -2.11. The van der Waals surface area contributed by atoms with Crippen LogP contribution in [-0.2, 0) is 6.61 Å². The molecule has 7 nitrogen and oxygen atoms in total. The molecule has 0 atom stereocenters. The first-order chi connectivity index (χ1) is 14.3. The fourth-order valence-electron chi connectivity index (χ4n) is 3.02. The van der Waals surface area contributed by atoms with Crippen molar-refractivity contribution in [1.82, 2.24) is 0 Å². The van der Waals surface area contributed by atoms with Gasteiger partial charge in [-0.3, -0.25) is 4.79 Å². The summed E-state index contributed by atoms with van der Waals surface area (Å²) in [4.78, 5) is 13.1. The van der Waals surface area contributed by atoms with Crippen LogP contribution in [0.1, 0.15) is 5.56 Å². The molecule has 0 radical (unpaired) electrons. The number of hydrogen-bond donors (Lipinski definition) is 4. The van der Waals surface area contributed by atoms with Gasteiger partial charge in [-0.05, 0) is 24.3 Å². The molecule has 0 saturated carbocycles. The van der Waals surface area contributed by atoms with Gasteiger partial charge >= 0.3 is 0 Å². The van der Waals surface area contributed by atoms with E-state index >= 15 is 0 Å². The van der Waals surface area contributed by atoms with Crippen molar-refractivity contribution in [2.45, 2.75) is 6.61 Å². The normalized spacial score (nSPS) is 11.0. The van der Waals surface area contributed by atoms with Crippen molar-refractivity contribution in [3.8, 4) is 40.1 Å². The molecular weight excluding hydrogens is 395 g/mol. The van der Waals surface area contributed by atoms with Crippen LogP contribution >= 0.6 is 0 Å². The SMILES string of the molecule is O=c1c(OCc2ccccc2F)c(-c2ccc(O)c(O)c2)oc2cc(O)cc(O)c12. The number of ether oxygens (including phenoxy) is 1. The van der Waals surface area contributed by atoms with Gasteiger partial charge in [0.25, 0.3) is 0 Å². The number of halogens is 1. The topological polar surface area (TPSA) is 120 Å². The van der Waals surface area contributed by atoms with Crippen LogP contribution in [0.25, 0.3) is 22.3 Å². The van der Waals surface area contributed by atoms with Crippen molar-refractivity contribution in [2.75, 3.05) is 0 Å². The number of phenolic OH excluding ortho intramolecular Hbond substituents is 4. The molecule has 0 amide bonds. The van der Waals surface area contributed by atoms with Crippen molar-refractivity contribution < 1.29 is 34.0 Å². The van der Waals surface area contributed by atoms with Crippen molar-refractivity contribution in [3.05, 3.63) is 76.2 Å². The molecule has 1 heterocycles. The molecule has 0 saturated heterocycles. The summed E-state index contributed by atoms with van der Waals surface area (Å²) in [6.45, 7) is -0.307. The second kappa shape index (κ2) is 7.32. The van der Waals surface area contributed by atoms with Crippen molar-refractivity contribution in [1.29, 1.82) is 0 Å². The fraction of sp³-hybridized carbons (Fsp3) is 0.0455. The Hall–Kier alpha value is -4.20. The van der Waals surface area contributed by atoms with Crippen LogP contribution in [0.5, 0.6) is 28.7 Å². The van der Waals surface area contributed by atoms with E-state index in [1.165, 1.54) is 30.3 Å². The summed E-state index contributed by atoms with van der Waals surface area (Å²) in [7, 11) is 0. The van der Waals surface area contributed by atoms with Gasteiger partial charge < -0.3 is 29.6 Å². The molecule has 152 valence electrons. The molecule has 0 fully saturated rings. The molecule has 30 heavy (non-hydrogen) atoms. The highest BCUT2D eigenvalue weighted by atomic mass is 19.1. The monoisotopic (exact) mass is 410 g/mol. The van der Waals surface area contributed by atoms with Crippen LogP contribution < -0.4 is 10.2 Å². The molecule has 8 heteroatoms. The zero-order valence-corrected chi connectivity index (χ0v) is 15.3. The zero-order valence-electron chi connectivity index (χ0n) is 15.3. The van der Waals surface area contributed by atoms with E-state index in [-0.39, 0.29) is 51.7 Å². The van der Waals surface area contributed by atoms with Crippen molar-refractivity contribution >= 4 is 11.0 Å². The fourth-order valence-corrected chi connectivity index (χ4v) is 3.02. The lowest BCUT2D eigenvalue weighted by Gasteiger charge is -2.13. The van der Waals surface area contributed by atoms with Gasteiger partial charge in [0.05, 0.1) is 0 Å². The van der Waals surface area contributed by atoms with Crippen LogP contribution in [0.15, 0.2) is 63.8 Å². The minimum Gasteiger partial charge on any atom is -0.508 e. The van der Waals surface area contributed by atoms with Gasteiger partial charge in [-0.2, -0.15) is 0 Å². The van der Waals surface area contributed by atoms with E-state index in [1.807, 2.05) is 0 Å². The van der Waals surface area contributed by atoms with Crippen LogP contribution in [0.4, 0.5) is 4.39 Å². The predicted octanol–water partition coefficient (Wildman–Crippen LogP) is 4.00. The van der Waals surface area contributed by atoms with E-state index in [2.05, 4.69) is 0 Å². The molecule has 4 rings (SSSR count). The number of fused-ring (bicyclic) bond motifs is 1. The van der Waals surface area contributed by atoms with Gasteiger partial charge in [-0.1, -0.05) is 18.2 Å². The largest absolute Gasteiger partial charge is 0.508 e. The molecule has 0 aliphatic heterocycles. The molecule has 0 unspecified atom stereocenters. The van der Waals surface area contributed by atoms with E-state index in [4.69, 9.17) is 9.15 Å². The maximum Gasteiger partial charge on any atom is 0.239 e. The third-order valence-corrected chi connectivity index (χ3v) is 4.49. The Labute approximate surface area is 168 Å². The minimum atomic E-state index is -0.757. The van der Waals surface area contributed by atoms with Crippen molar-refractivity contribution in [2.24, 2.45) is 0 Å². The molecule has 0 bridgehead atoms. The van der Waals surface area contributed by atoms with E-state index in [9.17, 15) is 29.6 Å². The molecule has 0 aliphatic rings. The van der Waals surface area contributed by atoms with Crippen LogP contribution in [-0.4, -0.2) is 20.4 Å². The highest BCUT2D eigenvalue weighted by Crippen LogP contribution is 2.38. The average molecular weight is 410 g/mol. The first-order valence-electron chi connectivity index (χ1n) is 8.76. The van der Waals surface area contributed by atoms with Gasteiger partial charge in [0, 0.05) is 23.3 Å². The van der Waals surface area contributed by atoms with Crippen LogP contribution in [0, 0.1) is 5.82 Å². The number of aromatic hydroxyl groups is 4. The average Bonchev–Trinajstić information content (AvgIpc) is 2.69. The summed E-state index contributed by atoms with van der Waals surface area (Å²) < 4.78 is 25.3. The Kier molecular flexibility index (Phi) is 4.67. The van der Waals surface area contributed by atoms with Crippen LogP contribution in [0.2, 0.25) is 0 Å². The number of phenols is 4. The number of rotatable bonds is 4. The standard InChI is InChI=1S/C22H15FO7/c23-14-4-2-1-3-12(14)10-29-22-20(28)19-17(27)8-13(24)9-18(19)30-21(22)11-5-6-15(25)16(26)7-11/h1-9,24-27H,10H2. The molecule has 3 aromatic carbocycles. The highest BCUT2D eigenvalue weighted by molar-refractivity contribution is 5.88. The molecular formula is C22H15FO7. The Morgan fingerprint density at radius 2 is 1.67 bits per heavy atom. The molecule has 1 aromatic heterocycles. The summed E-state index contributed by atoms with van der Waals surface area (Å²) in [5.74, 6) is -2.70. The summed E-state index contributed by atoms with van der Waals surface area (Å²) >= 11 is 0. The second-order valence-electron chi connectivity index (χ2n) is 6.51. The molecule has 4 aromatic rings. The number of hydrogen-bond acceptors (Lipinski definition) is 7. The van der Waals surface area contributed by atoms with E-state index in [0.29, 0.717) is 0 Å². The highest BCUT2D eigenvalue weighted by Gasteiger charge is 2.22. The third kappa shape index (κ3) is 3.35. The Morgan fingerprint density at radius 3 is 2.40 bits per heavy atom. The van der Waals surface area contributed by atoms with E-state index < -0.39 is 22.7 Å². The lowest BCUT2D eigenvalue weighted by atomic mass is 10.1. The third-order valence-electron chi connectivity index (χ3n) is 4.49. The quantitative estimate of drug-likeness (QED) is 0.375. The maximum atomic E-state index is 14.0. The first-order valence-corrected chi connectivity index (χ1v) is 8.76. The Balaban J connectivity index is 1.93. The van der Waals surface area contributed by atoms with Gasteiger partial charge in [0.15, 0.2) is 17.3 Å². The number of benzene rings is 3. The smallest absolute Gasteiger partial charge is 0.239 e. The van der Waals surface area contributed by atoms with Gasteiger partial charge in [0.1, 0.15) is 34.9 Å². The summed E-state index contributed by atoms with van der Waals surface area (Å²) in [6, 6.07) is 11.7. The van der Waals surface area contributed by atoms with Crippen molar-refractivity contribution in [3.63, 3.8) is 0 Å². The summed E-state index contributed by atoms with van der Waals surface area (Å²) in [6.07, 6.45) is 0. The first kappa shape index (κ1) is 19.1.